The van der Waals surface area contributed by atoms with Gasteiger partial charge >= 0.3 is 5.97 Å². The van der Waals surface area contributed by atoms with Crippen molar-refractivity contribution in [2.75, 3.05) is 5.32 Å². The topological polar surface area (TPSA) is 72.5 Å². The third kappa shape index (κ3) is 3.97. The monoisotopic (exact) mass is 367 g/mol. The molecule has 0 aliphatic heterocycles. The van der Waals surface area contributed by atoms with E-state index in [1.807, 2.05) is 24.3 Å². The summed E-state index contributed by atoms with van der Waals surface area (Å²) in [5.74, 6) is -0.995. The summed E-state index contributed by atoms with van der Waals surface area (Å²) in [6.45, 7) is 2.96. The van der Waals surface area contributed by atoms with Crippen molar-refractivity contribution >= 4 is 44.8 Å². The lowest BCUT2D eigenvalue weighted by molar-refractivity contribution is -0.114. The minimum atomic E-state index is -0.903. The third-order valence-corrected chi connectivity index (χ3v) is 4.87. The van der Waals surface area contributed by atoms with Gasteiger partial charge in [-0.2, -0.15) is 0 Å². The van der Waals surface area contributed by atoms with Crippen LogP contribution in [0.2, 0.25) is 0 Å². The highest BCUT2D eigenvalue weighted by molar-refractivity contribution is 7.20. The Morgan fingerprint density at radius 3 is 2.38 bits per heavy atom. The number of benzene rings is 2. The van der Waals surface area contributed by atoms with E-state index in [1.54, 1.807) is 37.3 Å². The highest BCUT2D eigenvalue weighted by Crippen LogP contribution is 2.26. The summed E-state index contributed by atoms with van der Waals surface area (Å²) >= 11 is 1.34. The molecule has 1 aromatic heterocycles. The molecule has 5 nitrogen and oxygen atoms in total. The van der Waals surface area contributed by atoms with E-state index in [-0.39, 0.29) is 11.7 Å². The number of carbonyl (C=O) groups is 3. The van der Waals surface area contributed by atoms with E-state index in [2.05, 4.69) is 5.32 Å². The summed E-state index contributed by atoms with van der Waals surface area (Å²) < 4.78 is 6.32. The molecule has 1 N–H and O–H groups in total. The Morgan fingerprint density at radius 2 is 1.73 bits per heavy atom. The second kappa shape index (κ2) is 7.49. The Kier molecular flexibility index (Phi) is 5.14. The van der Waals surface area contributed by atoms with Gasteiger partial charge in [-0.3, -0.25) is 9.59 Å². The van der Waals surface area contributed by atoms with Crippen molar-refractivity contribution < 1.29 is 19.1 Å². The first-order valence-electron chi connectivity index (χ1n) is 8.05. The molecule has 1 amide bonds. The number of esters is 1. The molecule has 0 spiro atoms. The van der Waals surface area contributed by atoms with Crippen molar-refractivity contribution in [3.63, 3.8) is 0 Å². The van der Waals surface area contributed by atoms with Gasteiger partial charge in [-0.15, -0.1) is 11.3 Å². The Hall–Kier alpha value is -2.99. The Labute approximate surface area is 154 Å². The molecule has 0 saturated heterocycles. The maximum Gasteiger partial charge on any atom is 0.349 e. The minimum absolute atomic E-state index is 0.185. The Bertz CT molecular complexity index is 942. The van der Waals surface area contributed by atoms with Crippen molar-refractivity contribution in [1.82, 2.24) is 0 Å². The zero-order valence-corrected chi connectivity index (χ0v) is 15.1. The van der Waals surface area contributed by atoms with Gasteiger partial charge in [-0.05, 0) is 48.7 Å². The van der Waals surface area contributed by atoms with Crippen LogP contribution in [0.1, 0.15) is 33.9 Å². The van der Waals surface area contributed by atoms with Gasteiger partial charge in [0.05, 0.1) is 0 Å². The molecule has 0 bridgehead atoms. The molecule has 6 heteroatoms. The molecular formula is C20H17NO4S. The number of carbonyl (C=O) groups excluding carboxylic acids is 3. The van der Waals surface area contributed by atoms with Crippen molar-refractivity contribution in [3.8, 4) is 0 Å². The molecule has 132 valence electrons. The maximum absolute atomic E-state index is 12.5. The fraction of sp³-hybridized carbons (Fsp3) is 0.150. The number of nitrogens with one attached hydrogen (secondary N) is 1. The van der Waals surface area contributed by atoms with E-state index >= 15 is 0 Å². The summed E-state index contributed by atoms with van der Waals surface area (Å²) in [5.41, 5.74) is 1.01. The smallest absolute Gasteiger partial charge is 0.349 e. The van der Waals surface area contributed by atoms with E-state index in [4.69, 9.17) is 4.74 Å². The van der Waals surface area contributed by atoms with Crippen molar-refractivity contribution in [3.05, 3.63) is 65.0 Å². The fourth-order valence-corrected chi connectivity index (χ4v) is 3.46. The van der Waals surface area contributed by atoms with Crippen LogP contribution in [0.4, 0.5) is 5.69 Å². The zero-order chi connectivity index (χ0) is 18.7. The second-order valence-electron chi connectivity index (χ2n) is 5.82. The molecule has 3 aromatic rings. The van der Waals surface area contributed by atoms with Gasteiger partial charge in [-0.25, -0.2) is 4.79 Å². The van der Waals surface area contributed by atoms with Crippen LogP contribution in [0.3, 0.4) is 0 Å². The van der Waals surface area contributed by atoms with Gasteiger partial charge in [0.1, 0.15) is 4.88 Å². The molecule has 0 saturated carbocycles. The molecule has 3 rings (SSSR count). The number of ketones is 1. The molecule has 0 radical (unpaired) electrons. The molecule has 0 fully saturated rings. The summed E-state index contributed by atoms with van der Waals surface area (Å²) in [7, 11) is 0. The summed E-state index contributed by atoms with van der Waals surface area (Å²) in [6, 6.07) is 15.9. The molecule has 1 heterocycles. The maximum atomic E-state index is 12.5. The minimum Gasteiger partial charge on any atom is -0.450 e. The van der Waals surface area contributed by atoms with Crippen LogP contribution < -0.4 is 5.32 Å². The summed E-state index contributed by atoms with van der Waals surface area (Å²) in [5, 5.41) is 3.60. The highest BCUT2D eigenvalue weighted by atomic mass is 32.1. The predicted molar refractivity (Wildman–Crippen MR) is 102 cm³/mol. The third-order valence-electron chi connectivity index (χ3n) is 3.77. The molecular weight excluding hydrogens is 350 g/mol. The van der Waals surface area contributed by atoms with Gasteiger partial charge in [0, 0.05) is 22.9 Å². The van der Waals surface area contributed by atoms with Gasteiger partial charge in [0.25, 0.3) is 0 Å². The SMILES string of the molecule is CC(=O)Nc1ccc(C(=O)[C@H](C)OC(=O)c2cc3ccccc3s2)cc1. The number of anilines is 1. The standard InChI is InChI=1S/C20H17NO4S/c1-12(19(23)14-7-9-16(10-8-14)21-13(2)22)25-20(24)18-11-15-5-3-4-6-17(15)26-18/h3-12H,1-2H3,(H,21,22)/t12-/m0/s1. The number of amides is 1. The fourth-order valence-electron chi connectivity index (χ4n) is 2.51. The molecule has 26 heavy (non-hydrogen) atoms. The average molecular weight is 367 g/mol. The number of rotatable bonds is 5. The molecule has 0 aliphatic rings. The van der Waals surface area contributed by atoms with Gasteiger partial charge in [0.15, 0.2) is 6.10 Å². The van der Waals surface area contributed by atoms with Crippen LogP contribution >= 0.6 is 11.3 Å². The van der Waals surface area contributed by atoms with Crippen LogP contribution in [0.5, 0.6) is 0 Å². The van der Waals surface area contributed by atoms with Crippen LogP contribution in [0.25, 0.3) is 10.1 Å². The first-order chi connectivity index (χ1) is 12.4. The second-order valence-corrected chi connectivity index (χ2v) is 6.90. The van der Waals surface area contributed by atoms with Crippen LogP contribution in [-0.4, -0.2) is 23.8 Å². The van der Waals surface area contributed by atoms with E-state index < -0.39 is 12.1 Å². The van der Waals surface area contributed by atoms with Gasteiger partial charge in [0.2, 0.25) is 11.7 Å². The van der Waals surface area contributed by atoms with Crippen molar-refractivity contribution in [2.24, 2.45) is 0 Å². The number of thiophene rings is 1. The largest absolute Gasteiger partial charge is 0.450 e. The van der Waals surface area contributed by atoms with Crippen LogP contribution in [-0.2, 0) is 9.53 Å². The van der Waals surface area contributed by atoms with E-state index in [0.717, 1.165) is 10.1 Å². The average Bonchev–Trinajstić information content (AvgIpc) is 3.05. The molecule has 0 unspecified atom stereocenters. The lowest BCUT2D eigenvalue weighted by Gasteiger charge is -2.12. The predicted octanol–water partition coefficient (Wildman–Crippen LogP) is 4.29. The lowest BCUT2D eigenvalue weighted by atomic mass is 10.1. The number of hydrogen-bond donors (Lipinski definition) is 1. The zero-order valence-electron chi connectivity index (χ0n) is 14.3. The first-order valence-corrected chi connectivity index (χ1v) is 8.87. The van der Waals surface area contributed by atoms with Gasteiger partial charge < -0.3 is 10.1 Å². The van der Waals surface area contributed by atoms with E-state index in [9.17, 15) is 14.4 Å². The van der Waals surface area contributed by atoms with Gasteiger partial charge in [-0.1, -0.05) is 18.2 Å². The number of fused-ring (bicyclic) bond motifs is 1. The lowest BCUT2D eigenvalue weighted by Crippen LogP contribution is -2.24. The van der Waals surface area contributed by atoms with E-state index in [1.165, 1.54) is 18.3 Å². The number of hydrogen-bond acceptors (Lipinski definition) is 5. The molecule has 0 aliphatic carbocycles. The normalized spacial score (nSPS) is 11.8. The number of Topliss-reactive ketones (excluding diaryl/α,β-unsaturated/α-hetero) is 1. The van der Waals surface area contributed by atoms with Crippen molar-refractivity contribution in [2.45, 2.75) is 20.0 Å². The summed E-state index contributed by atoms with van der Waals surface area (Å²) in [4.78, 5) is 36.3. The van der Waals surface area contributed by atoms with Crippen LogP contribution in [0.15, 0.2) is 54.6 Å². The quantitative estimate of drug-likeness (QED) is 0.539. The Balaban J connectivity index is 1.68. The highest BCUT2D eigenvalue weighted by Gasteiger charge is 2.21. The van der Waals surface area contributed by atoms with Crippen LogP contribution in [0, 0.1) is 0 Å². The number of ether oxygens (including phenoxy) is 1. The van der Waals surface area contributed by atoms with E-state index in [0.29, 0.717) is 16.1 Å². The molecule has 2 aromatic carbocycles. The first kappa shape index (κ1) is 17.8. The summed E-state index contributed by atoms with van der Waals surface area (Å²) in [6.07, 6.45) is -0.903. The Morgan fingerprint density at radius 1 is 1.04 bits per heavy atom. The van der Waals surface area contributed by atoms with Crippen molar-refractivity contribution in [1.29, 1.82) is 0 Å². The molecule has 1 atom stereocenters.